The first-order valence-electron chi connectivity index (χ1n) is 4.74. The molecule has 6 nitrogen and oxygen atoms in total. The Morgan fingerprint density at radius 1 is 1.33 bits per heavy atom. The van der Waals surface area contributed by atoms with Crippen LogP contribution < -0.4 is 0 Å². The van der Waals surface area contributed by atoms with E-state index in [1.165, 1.54) is 0 Å². The van der Waals surface area contributed by atoms with Gasteiger partial charge in [-0.3, -0.25) is 9.79 Å². The van der Waals surface area contributed by atoms with E-state index in [2.05, 4.69) is 14.7 Å². The van der Waals surface area contributed by atoms with Gasteiger partial charge in [0.05, 0.1) is 11.1 Å². The van der Waals surface area contributed by atoms with Crippen LogP contribution in [-0.2, 0) is 9.09 Å². The second kappa shape index (κ2) is 4.04. The lowest BCUT2D eigenvalue weighted by Crippen LogP contribution is -2.35. The van der Waals surface area contributed by atoms with Gasteiger partial charge in [0.1, 0.15) is 0 Å². The first kappa shape index (κ1) is 12.4. The number of phosphoric ester groups is 1. The minimum atomic E-state index is -4.55. The lowest BCUT2D eigenvalue weighted by atomic mass is 9.79. The van der Waals surface area contributed by atoms with Gasteiger partial charge in [0.25, 0.3) is 0 Å². The smallest absolute Gasteiger partial charge is 0.387 e. The normalized spacial score (nSPS) is 19.8. The first-order chi connectivity index (χ1) is 6.85. The van der Waals surface area contributed by atoms with Gasteiger partial charge >= 0.3 is 7.82 Å². The fraction of sp³-hybridized carbons (Fsp3) is 0.750. The quantitative estimate of drug-likeness (QED) is 0.727. The van der Waals surface area contributed by atoms with Crippen LogP contribution in [0.5, 0.6) is 0 Å². The van der Waals surface area contributed by atoms with E-state index in [1.54, 1.807) is 6.92 Å². The van der Waals surface area contributed by atoms with Crippen molar-refractivity contribution in [2.24, 2.45) is 15.6 Å². The van der Waals surface area contributed by atoms with Crippen LogP contribution in [0.15, 0.2) is 10.2 Å². The van der Waals surface area contributed by atoms with Gasteiger partial charge in [0, 0.05) is 0 Å². The predicted octanol–water partition coefficient (Wildman–Crippen LogP) is 1.69. The maximum atomic E-state index is 10.8. The molecule has 0 aromatic carbocycles. The molecule has 1 aliphatic rings. The predicted molar refractivity (Wildman–Crippen MR) is 56.7 cm³/mol. The molecule has 0 spiro atoms. The lowest BCUT2D eigenvalue weighted by Gasteiger charge is -2.27. The Kier molecular flexibility index (Phi) is 3.33. The molecule has 0 atom stereocenters. The van der Waals surface area contributed by atoms with E-state index in [0.29, 0.717) is 12.8 Å². The Morgan fingerprint density at radius 2 is 1.87 bits per heavy atom. The molecule has 1 heterocycles. The fourth-order valence-corrected chi connectivity index (χ4v) is 2.19. The zero-order valence-corrected chi connectivity index (χ0v) is 9.86. The fourth-order valence-electron chi connectivity index (χ4n) is 1.75. The van der Waals surface area contributed by atoms with Gasteiger partial charge in [0.2, 0.25) is 5.90 Å². The largest absolute Gasteiger partial charge is 0.525 e. The van der Waals surface area contributed by atoms with Gasteiger partial charge in [-0.15, -0.1) is 5.10 Å². The number of phosphoric acid groups is 1. The van der Waals surface area contributed by atoms with Crippen molar-refractivity contribution in [3.8, 4) is 0 Å². The Balaban J connectivity index is 2.98. The van der Waals surface area contributed by atoms with Crippen molar-refractivity contribution in [2.75, 3.05) is 0 Å². The molecule has 0 amide bonds. The molecule has 7 heteroatoms. The molecule has 0 saturated carbocycles. The van der Waals surface area contributed by atoms with Crippen LogP contribution in [0.3, 0.4) is 0 Å². The summed E-state index contributed by atoms with van der Waals surface area (Å²) < 4.78 is 15.3. The third-order valence-electron chi connectivity index (χ3n) is 2.81. The van der Waals surface area contributed by atoms with Crippen LogP contribution in [0, 0.1) is 5.41 Å². The molecule has 0 aromatic heterocycles. The first-order valence-corrected chi connectivity index (χ1v) is 6.27. The van der Waals surface area contributed by atoms with E-state index < -0.39 is 13.2 Å². The van der Waals surface area contributed by atoms with E-state index in [9.17, 15) is 4.57 Å². The lowest BCUT2D eigenvalue weighted by molar-refractivity contribution is 0.264. The summed E-state index contributed by atoms with van der Waals surface area (Å²) >= 11 is 0. The summed E-state index contributed by atoms with van der Waals surface area (Å²) in [6, 6.07) is 0. The highest BCUT2D eigenvalue weighted by molar-refractivity contribution is 7.46. The summed E-state index contributed by atoms with van der Waals surface area (Å²) in [6.07, 6.45) is 1.30. The van der Waals surface area contributed by atoms with Crippen molar-refractivity contribution in [3.63, 3.8) is 0 Å². The van der Waals surface area contributed by atoms with Gasteiger partial charge in [0.15, 0.2) is 0 Å². The van der Waals surface area contributed by atoms with Gasteiger partial charge in [-0.05, 0) is 19.8 Å². The summed E-state index contributed by atoms with van der Waals surface area (Å²) in [7, 11) is -4.55. The summed E-state index contributed by atoms with van der Waals surface area (Å²) in [4.78, 5) is 17.5. The maximum absolute atomic E-state index is 10.8. The van der Waals surface area contributed by atoms with E-state index in [4.69, 9.17) is 9.79 Å². The van der Waals surface area contributed by atoms with E-state index in [0.717, 1.165) is 5.71 Å². The van der Waals surface area contributed by atoms with Crippen LogP contribution in [0.1, 0.15) is 33.6 Å². The molecule has 0 radical (unpaired) electrons. The Labute approximate surface area is 88.3 Å². The van der Waals surface area contributed by atoms with Crippen molar-refractivity contribution in [3.05, 3.63) is 0 Å². The monoisotopic (exact) mass is 234 g/mol. The van der Waals surface area contributed by atoms with Crippen LogP contribution in [-0.4, -0.2) is 21.4 Å². The molecule has 1 aliphatic heterocycles. The average Bonchev–Trinajstić information content (AvgIpc) is 2.42. The molecule has 0 saturated heterocycles. The summed E-state index contributed by atoms with van der Waals surface area (Å²) in [6.45, 7) is 5.60. The highest BCUT2D eigenvalue weighted by atomic mass is 31.2. The second-order valence-corrected chi connectivity index (χ2v) is 4.63. The third-order valence-corrected chi connectivity index (χ3v) is 3.22. The Hall–Kier alpha value is -0.710. The molecular weight excluding hydrogens is 219 g/mol. The zero-order chi connectivity index (χ0) is 11.7. The molecule has 0 fully saturated rings. The summed E-state index contributed by atoms with van der Waals surface area (Å²) in [5.74, 6) is 0.0262. The van der Waals surface area contributed by atoms with E-state index in [-0.39, 0.29) is 5.90 Å². The average molecular weight is 234 g/mol. The SMILES string of the molecule is CCC1(CC)C(C)=NN=C1OP(=O)(O)O. The number of hydrogen-bond donors (Lipinski definition) is 2. The molecule has 0 aromatic rings. The molecule has 0 bridgehead atoms. The molecular formula is C8H15N2O4P. The minimum absolute atomic E-state index is 0.0262. The van der Waals surface area contributed by atoms with Crippen molar-refractivity contribution >= 4 is 19.4 Å². The number of hydrogen-bond acceptors (Lipinski definition) is 4. The van der Waals surface area contributed by atoms with Crippen molar-refractivity contribution in [1.29, 1.82) is 0 Å². The van der Waals surface area contributed by atoms with E-state index in [1.807, 2.05) is 13.8 Å². The highest BCUT2D eigenvalue weighted by Crippen LogP contribution is 2.44. The van der Waals surface area contributed by atoms with E-state index >= 15 is 0 Å². The van der Waals surface area contributed by atoms with Crippen LogP contribution in [0.2, 0.25) is 0 Å². The standard InChI is InChI=1S/C8H15N2O4P/c1-4-8(5-2)6(3)9-10-7(8)14-15(11,12)13/h4-5H2,1-3H3,(H2,11,12,13). The minimum Gasteiger partial charge on any atom is -0.387 e. The zero-order valence-electron chi connectivity index (χ0n) is 8.97. The molecule has 86 valence electrons. The van der Waals surface area contributed by atoms with Gasteiger partial charge < -0.3 is 4.52 Å². The molecule has 1 rings (SSSR count). The van der Waals surface area contributed by atoms with Crippen LogP contribution in [0.4, 0.5) is 0 Å². The van der Waals surface area contributed by atoms with Crippen molar-refractivity contribution in [1.82, 2.24) is 0 Å². The van der Waals surface area contributed by atoms with Crippen LogP contribution in [0.25, 0.3) is 0 Å². The Morgan fingerprint density at radius 3 is 2.27 bits per heavy atom. The topological polar surface area (TPSA) is 91.5 Å². The molecule has 0 unspecified atom stereocenters. The second-order valence-electron chi connectivity index (χ2n) is 3.46. The number of rotatable bonds is 3. The maximum Gasteiger partial charge on any atom is 0.525 e. The highest BCUT2D eigenvalue weighted by Gasteiger charge is 2.43. The Bertz CT molecular complexity index is 354. The molecule has 2 N–H and O–H groups in total. The summed E-state index contributed by atoms with van der Waals surface area (Å²) in [5, 5.41) is 7.52. The molecule has 0 aliphatic carbocycles. The van der Waals surface area contributed by atoms with Crippen molar-refractivity contribution < 1.29 is 18.9 Å². The van der Waals surface area contributed by atoms with Gasteiger partial charge in [-0.25, -0.2) is 4.57 Å². The molecule has 15 heavy (non-hydrogen) atoms. The number of nitrogens with zero attached hydrogens (tertiary/aromatic N) is 2. The summed E-state index contributed by atoms with van der Waals surface area (Å²) in [5.41, 5.74) is 0.178. The third kappa shape index (κ3) is 2.27. The van der Waals surface area contributed by atoms with Crippen molar-refractivity contribution in [2.45, 2.75) is 33.6 Å². The van der Waals surface area contributed by atoms with Crippen LogP contribution >= 0.6 is 7.82 Å². The van der Waals surface area contributed by atoms with Gasteiger partial charge in [-0.1, -0.05) is 13.8 Å². The van der Waals surface area contributed by atoms with Gasteiger partial charge in [-0.2, -0.15) is 5.10 Å².